The van der Waals surface area contributed by atoms with E-state index in [-0.39, 0.29) is 18.9 Å². The van der Waals surface area contributed by atoms with E-state index >= 15 is 0 Å². The molecular formula is C68H115NO13. The molecule has 0 aromatic carbocycles. The van der Waals surface area contributed by atoms with Crippen molar-refractivity contribution in [2.75, 3.05) is 19.8 Å². The van der Waals surface area contributed by atoms with E-state index in [0.29, 0.717) is 6.42 Å². The molecule has 14 nitrogen and oxygen atoms in total. The van der Waals surface area contributed by atoms with Gasteiger partial charge in [0.2, 0.25) is 5.91 Å². The summed E-state index contributed by atoms with van der Waals surface area (Å²) in [6.45, 7) is 2.67. The van der Waals surface area contributed by atoms with Crippen LogP contribution in [-0.4, -0.2) is 140 Å². The van der Waals surface area contributed by atoms with Crippen LogP contribution in [0.1, 0.15) is 219 Å². The second-order valence-electron chi connectivity index (χ2n) is 22.2. The number of hydrogen-bond donors (Lipinski definition) is 9. The number of unbranched alkanes of at least 4 members (excludes halogenated alkanes) is 21. The van der Waals surface area contributed by atoms with Crippen LogP contribution in [0, 0.1) is 0 Å². The minimum Gasteiger partial charge on any atom is -0.394 e. The molecule has 2 heterocycles. The van der Waals surface area contributed by atoms with Crippen molar-refractivity contribution in [1.29, 1.82) is 0 Å². The molecule has 0 aromatic heterocycles. The quantitative estimate of drug-likeness (QED) is 0.0204. The highest BCUT2D eigenvalue weighted by molar-refractivity contribution is 5.76. The third kappa shape index (κ3) is 36.5. The van der Waals surface area contributed by atoms with Crippen molar-refractivity contribution >= 4 is 5.91 Å². The first-order valence-electron chi connectivity index (χ1n) is 32.1. The normalized spacial score (nSPS) is 24.7. The van der Waals surface area contributed by atoms with Crippen molar-refractivity contribution in [2.24, 2.45) is 0 Å². The van der Waals surface area contributed by atoms with Gasteiger partial charge >= 0.3 is 0 Å². The summed E-state index contributed by atoms with van der Waals surface area (Å²) in [5.74, 6) is -0.258. The number of hydrogen-bond acceptors (Lipinski definition) is 13. The monoisotopic (exact) mass is 1150 g/mol. The van der Waals surface area contributed by atoms with Crippen molar-refractivity contribution in [3.8, 4) is 0 Å². The number of aliphatic hydroxyl groups is 8. The van der Waals surface area contributed by atoms with Gasteiger partial charge in [0.15, 0.2) is 12.6 Å². The molecule has 14 heteroatoms. The number of amides is 1. The highest BCUT2D eigenvalue weighted by Gasteiger charge is 2.51. The van der Waals surface area contributed by atoms with Crippen LogP contribution >= 0.6 is 0 Å². The number of ether oxygens (including phenoxy) is 4. The summed E-state index contributed by atoms with van der Waals surface area (Å²) in [5, 5.41) is 87.2. The van der Waals surface area contributed by atoms with Crippen LogP contribution in [0.4, 0.5) is 0 Å². The maximum absolute atomic E-state index is 13.3. The first-order chi connectivity index (χ1) is 40.1. The first kappa shape index (κ1) is 74.7. The first-order valence-corrected chi connectivity index (χ1v) is 32.1. The molecule has 9 N–H and O–H groups in total. The summed E-state index contributed by atoms with van der Waals surface area (Å²) in [6.07, 6.45) is 56.9. The Balaban J connectivity index is 1.73. The summed E-state index contributed by atoms with van der Waals surface area (Å²) in [6, 6.07) is -0.931. The highest BCUT2D eigenvalue weighted by Crippen LogP contribution is 2.30. The smallest absolute Gasteiger partial charge is 0.220 e. The van der Waals surface area contributed by atoms with Gasteiger partial charge in [0.05, 0.1) is 32.0 Å². The van der Waals surface area contributed by atoms with Gasteiger partial charge < -0.3 is 65.1 Å². The van der Waals surface area contributed by atoms with Gasteiger partial charge in [-0.1, -0.05) is 239 Å². The third-order valence-corrected chi connectivity index (χ3v) is 15.0. The van der Waals surface area contributed by atoms with Gasteiger partial charge in [-0.15, -0.1) is 0 Å². The van der Waals surface area contributed by atoms with Crippen LogP contribution in [0.3, 0.4) is 0 Å². The van der Waals surface area contributed by atoms with Crippen LogP contribution in [-0.2, 0) is 23.7 Å². The second-order valence-corrected chi connectivity index (χ2v) is 22.2. The van der Waals surface area contributed by atoms with Crippen molar-refractivity contribution in [3.05, 3.63) is 109 Å². The molecule has 12 unspecified atom stereocenters. The molecule has 1 amide bonds. The molecule has 2 aliphatic heterocycles. The van der Waals surface area contributed by atoms with Gasteiger partial charge in [-0.05, 0) is 83.5 Å². The Morgan fingerprint density at radius 2 is 0.841 bits per heavy atom. The van der Waals surface area contributed by atoms with E-state index in [1.54, 1.807) is 6.08 Å². The standard InChI is InChI=1S/C68H115NO13/c1-3-5-7-9-11-13-15-17-19-21-22-23-24-25-26-27-28-29-30-31-32-33-34-36-38-40-42-44-46-48-50-52-60(73)69-56(57(72)51-49-47-45-43-41-39-37-35-20-18-16-14-12-10-8-6-4-2)55-79-67-65(78)63(76)66(59(54-71)81-67)82-68-64(77)62(75)61(74)58(53-70)80-68/h5,7,11,13,17,19,22-23,25-26,28-29,31-32,34,36,49,51,56-59,61-68,70-72,74-78H,3-4,6,8-10,12,14-16,18,20-21,24,27,30,33,35,37-48,50,52-55H2,1-2H3,(H,69,73)/b7-5-,13-11-,19-17-,23-22-,26-25-,29-28-,32-31-,36-34-,51-49+. The van der Waals surface area contributed by atoms with Gasteiger partial charge in [-0.3, -0.25) is 4.79 Å². The van der Waals surface area contributed by atoms with E-state index in [9.17, 15) is 45.6 Å². The van der Waals surface area contributed by atoms with Crippen LogP contribution in [0.15, 0.2) is 109 Å². The molecule has 0 bridgehead atoms. The minimum absolute atomic E-state index is 0.257. The maximum Gasteiger partial charge on any atom is 0.220 e. The van der Waals surface area contributed by atoms with Gasteiger partial charge in [0.25, 0.3) is 0 Å². The Morgan fingerprint density at radius 1 is 0.451 bits per heavy atom. The number of aliphatic hydroxyl groups excluding tert-OH is 8. The Kier molecular flexibility index (Phi) is 47.4. The molecule has 470 valence electrons. The molecule has 0 aliphatic carbocycles. The maximum atomic E-state index is 13.3. The zero-order chi connectivity index (χ0) is 59.5. The fourth-order valence-corrected chi connectivity index (χ4v) is 9.84. The van der Waals surface area contributed by atoms with E-state index in [1.165, 1.54) is 83.5 Å². The molecule has 0 saturated carbocycles. The van der Waals surface area contributed by atoms with E-state index in [0.717, 1.165) is 109 Å². The van der Waals surface area contributed by atoms with E-state index < -0.39 is 86.8 Å². The molecule has 0 radical (unpaired) electrons. The van der Waals surface area contributed by atoms with E-state index in [1.807, 2.05) is 6.08 Å². The zero-order valence-electron chi connectivity index (χ0n) is 50.7. The predicted molar refractivity (Wildman–Crippen MR) is 332 cm³/mol. The van der Waals surface area contributed by atoms with Gasteiger partial charge in [-0.25, -0.2) is 0 Å². The molecular weight excluding hydrogens is 1040 g/mol. The number of rotatable bonds is 50. The lowest BCUT2D eigenvalue weighted by Gasteiger charge is -2.46. The summed E-state index contributed by atoms with van der Waals surface area (Å²) in [4.78, 5) is 13.3. The molecule has 0 aromatic rings. The molecule has 2 saturated heterocycles. The topological polar surface area (TPSA) is 228 Å². The summed E-state index contributed by atoms with van der Waals surface area (Å²) >= 11 is 0. The molecule has 2 fully saturated rings. The van der Waals surface area contributed by atoms with Crippen LogP contribution < -0.4 is 5.32 Å². The van der Waals surface area contributed by atoms with Crippen molar-refractivity contribution < 1.29 is 64.6 Å². The van der Waals surface area contributed by atoms with Crippen molar-refractivity contribution in [1.82, 2.24) is 5.32 Å². The molecule has 2 aliphatic rings. The number of carbonyl (C=O) groups is 1. The second kappa shape index (κ2) is 52.0. The van der Waals surface area contributed by atoms with Crippen LogP contribution in [0.2, 0.25) is 0 Å². The Labute approximate surface area is 495 Å². The van der Waals surface area contributed by atoms with E-state index in [2.05, 4.69) is 116 Å². The minimum atomic E-state index is -1.80. The predicted octanol–water partition coefficient (Wildman–Crippen LogP) is 12.0. The lowest BCUT2D eigenvalue weighted by atomic mass is 9.97. The number of carbonyl (C=O) groups excluding carboxylic acids is 1. The highest BCUT2D eigenvalue weighted by atomic mass is 16.7. The van der Waals surface area contributed by atoms with Gasteiger partial charge in [0.1, 0.15) is 48.8 Å². The summed E-state index contributed by atoms with van der Waals surface area (Å²) in [7, 11) is 0. The van der Waals surface area contributed by atoms with Crippen molar-refractivity contribution in [2.45, 2.75) is 293 Å². The van der Waals surface area contributed by atoms with Gasteiger partial charge in [-0.2, -0.15) is 0 Å². The Morgan fingerprint density at radius 3 is 1.29 bits per heavy atom. The Bertz CT molecular complexity index is 1790. The van der Waals surface area contributed by atoms with Crippen LogP contribution in [0.25, 0.3) is 0 Å². The largest absolute Gasteiger partial charge is 0.394 e. The molecule has 0 spiro atoms. The third-order valence-electron chi connectivity index (χ3n) is 15.0. The number of allylic oxidation sites excluding steroid dienone is 17. The zero-order valence-corrected chi connectivity index (χ0v) is 50.7. The lowest BCUT2D eigenvalue weighted by Crippen LogP contribution is -2.65. The fourth-order valence-electron chi connectivity index (χ4n) is 9.84. The Hall–Kier alpha value is -3.35. The lowest BCUT2D eigenvalue weighted by molar-refractivity contribution is -0.359. The van der Waals surface area contributed by atoms with Crippen molar-refractivity contribution in [3.63, 3.8) is 0 Å². The van der Waals surface area contributed by atoms with Crippen LogP contribution in [0.5, 0.6) is 0 Å². The average Bonchev–Trinajstić information content (AvgIpc) is 3.52. The van der Waals surface area contributed by atoms with E-state index in [4.69, 9.17) is 18.9 Å². The fraction of sp³-hybridized carbons (Fsp3) is 0.721. The average molecular weight is 1150 g/mol. The molecule has 82 heavy (non-hydrogen) atoms. The summed E-state index contributed by atoms with van der Waals surface area (Å²) in [5.41, 5.74) is 0. The SMILES string of the molecule is CC/C=C\C/C=C\C/C=C\C/C=C\C/C=C\C/C=C\C/C=C\C/C=C\CCCCCCCCC(=O)NC(COC1OC(CO)C(OC2OC(CO)C(O)C(O)C2O)C(O)C1O)C(O)/C=C/CCCCCCCCCCCCCCCCC. The summed E-state index contributed by atoms with van der Waals surface area (Å²) < 4.78 is 22.8. The molecule has 12 atom stereocenters. The number of nitrogens with one attached hydrogen (secondary N) is 1. The molecule has 2 rings (SSSR count). The van der Waals surface area contributed by atoms with Gasteiger partial charge in [0, 0.05) is 6.42 Å².